The van der Waals surface area contributed by atoms with Crippen LogP contribution in [0.5, 0.6) is 0 Å². The summed E-state index contributed by atoms with van der Waals surface area (Å²) in [6, 6.07) is 0. The van der Waals surface area contributed by atoms with E-state index in [1.54, 1.807) is 0 Å². The fourth-order valence-electron chi connectivity index (χ4n) is 9.91. The molecule has 0 radical (unpaired) electrons. The van der Waals surface area contributed by atoms with Gasteiger partial charge in [0.15, 0.2) is 12.2 Å². The summed E-state index contributed by atoms with van der Waals surface area (Å²) in [5.41, 5.74) is 0. The lowest BCUT2D eigenvalue weighted by Gasteiger charge is -2.21. The summed E-state index contributed by atoms with van der Waals surface area (Å²) in [6.07, 6.45) is 92.9. The highest BCUT2D eigenvalue weighted by atomic mass is 31.2. The number of aliphatic hydroxyl groups is 1. The van der Waals surface area contributed by atoms with Crippen molar-refractivity contribution in [1.29, 1.82) is 0 Å². The Morgan fingerprint density at radius 1 is 0.264 bits per heavy atom. The second-order valence-electron chi connectivity index (χ2n) is 25.8. The van der Waals surface area contributed by atoms with Gasteiger partial charge in [-0.1, -0.05) is 268 Å². The molecule has 600 valence electrons. The Hall–Kier alpha value is -5.84. The molecule has 0 aromatic heterocycles. The van der Waals surface area contributed by atoms with Crippen LogP contribution in [-0.4, -0.2) is 96.7 Å². The molecule has 0 saturated heterocycles. The molecule has 0 amide bonds. The van der Waals surface area contributed by atoms with Gasteiger partial charge in [-0.05, 0) is 173 Å². The maximum absolute atomic E-state index is 13.1. The highest BCUT2D eigenvalue weighted by Gasteiger charge is 2.30. The first-order chi connectivity index (χ1) is 51.7. The smallest absolute Gasteiger partial charge is 0.462 e. The molecule has 0 bridgehead atoms. The van der Waals surface area contributed by atoms with Crippen molar-refractivity contribution in [3.05, 3.63) is 182 Å². The van der Waals surface area contributed by atoms with Crippen LogP contribution >= 0.6 is 15.6 Å². The Morgan fingerprint density at radius 2 is 0.462 bits per heavy atom. The summed E-state index contributed by atoms with van der Waals surface area (Å²) in [6.45, 7) is 4.30. The molecule has 0 aromatic carbocycles. The molecule has 0 aliphatic carbocycles. The molecule has 0 aliphatic heterocycles. The SMILES string of the molecule is CC/C=C\C/C=C\C/C=C\C/C=C\CCCCCCC(=O)OCC(COP(=O)(O)OCC(O)COP(=O)(O)OCC(COC(=O)CCCCCC/C=C\C/C=C\C/C=C\C/C=C\CC)OC(=O)CCCCCCC/C=C\C/C=C\C/C=C\CC)OC(=O)CCCCCC/C=C\C/C=C\C/C=C\C/C=C\CC. The predicted molar refractivity (Wildman–Crippen MR) is 436 cm³/mol. The number of allylic oxidation sites excluding steroid dienone is 30. The topological polar surface area (TPSA) is 237 Å². The van der Waals surface area contributed by atoms with Crippen LogP contribution in [0.4, 0.5) is 0 Å². The van der Waals surface area contributed by atoms with Crippen LogP contribution in [-0.2, 0) is 65.4 Å². The first-order valence-electron chi connectivity index (χ1n) is 40.0. The van der Waals surface area contributed by atoms with Crippen molar-refractivity contribution in [1.82, 2.24) is 0 Å². The van der Waals surface area contributed by atoms with Gasteiger partial charge in [-0.15, -0.1) is 0 Å². The van der Waals surface area contributed by atoms with E-state index in [0.29, 0.717) is 25.7 Å². The minimum Gasteiger partial charge on any atom is -0.462 e. The van der Waals surface area contributed by atoms with Gasteiger partial charge in [0.25, 0.3) is 0 Å². The van der Waals surface area contributed by atoms with Gasteiger partial charge in [0.2, 0.25) is 0 Å². The van der Waals surface area contributed by atoms with Crippen LogP contribution in [0.3, 0.4) is 0 Å². The summed E-state index contributed by atoms with van der Waals surface area (Å²) in [5.74, 6) is -2.29. The highest BCUT2D eigenvalue weighted by molar-refractivity contribution is 7.47. The quantitative estimate of drug-likeness (QED) is 0.0169. The summed E-state index contributed by atoms with van der Waals surface area (Å²) in [5, 5.41) is 10.7. The first-order valence-corrected chi connectivity index (χ1v) is 43.0. The van der Waals surface area contributed by atoms with Crippen LogP contribution in [0.15, 0.2) is 182 Å². The monoisotopic (exact) mass is 1520 g/mol. The number of hydrogen-bond donors (Lipinski definition) is 3. The van der Waals surface area contributed by atoms with E-state index >= 15 is 0 Å². The molecular formula is C87H140O17P2. The highest BCUT2D eigenvalue weighted by Crippen LogP contribution is 2.45. The van der Waals surface area contributed by atoms with E-state index in [9.17, 15) is 43.2 Å². The molecule has 106 heavy (non-hydrogen) atoms. The van der Waals surface area contributed by atoms with Gasteiger partial charge in [-0.3, -0.25) is 37.3 Å². The van der Waals surface area contributed by atoms with Crippen molar-refractivity contribution in [3.63, 3.8) is 0 Å². The third-order valence-electron chi connectivity index (χ3n) is 15.9. The van der Waals surface area contributed by atoms with Gasteiger partial charge in [0.1, 0.15) is 19.3 Å². The van der Waals surface area contributed by atoms with Crippen molar-refractivity contribution in [2.75, 3.05) is 39.6 Å². The number of carbonyl (C=O) groups is 4. The number of unbranched alkanes of at least 4 members (excludes halogenated alkanes) is 17. The molecule has 17 nitrogen and oxygen atoms in total. The Labute approximate surface area is 641 Å². The summed E-state index contributed by atoms with van der Waals surface area (Å²) in [7, 11) is -10.0. The fourth-order valence-corrected chi connectivity index (χ4v) is 11.5. The average Bonchev–Trinajstić information content (AvgIpc) is 0.902. The van der Waals surface area contributed by atoms with E-state index < -0.39 is 97.5 Å². The summed E-state index contributed by atoms with van der Waals surface area (Å²) in [4.78, 5) is 73.1. The van der Waals surface area contributed by atoms with Gasteiger partial charge in [-0.25, -0.2) is 9.13 Å². The zero-order chi connectivity index (χ0) is 77.4. The van der Waals surface area contributed by atoms with Crippen LogP contribution in [0.1, 0.15) is 285 Å². The molecule has 0 aromatic rings. The number of hydrogen-bond acceptors (Lipinski definition) is 15. The molecule has 0 fully saturated rings. The second kappa shape index (κ2) is 77.3. The minimum absolute atomic E-state index is 0.0534. The van der Waals surface area contributed by atoms with Crippen LogP contribution in [0, 0.1) is 0 Å². The van der Waals surface area contributed by atoms with Crippen LogP contribution in [0.25, 0.3) is 0 Å². The molecule has 19 heteroatoms. The molecule has 0 saturated carbocycles. The zero-order valence-corrected chi connectivity index (χ0v) is 67.3. The number of aliphatic hydroxyl groups excluding tert-OH is 1. The molecule has 0 rings (SSSR count). The van der Waals surface area contributed by atoms with E-state index in [4.69, 9.17) is 37.0 Å². The van der Waals surface area contributed by atoms with E-state index in [-0.39, 0.29) is 25.7 Å². The van der Waals surface area contributed by atoms with Crippen molar-refractivity contribution in [3.8, 4) is 0 Å². The number of esters is 4. The molecule has 0 spiro atoms. The van der Waals surface area contributed by atoms with Crippen LogP contribution < -0.4 is 0 Å². The van der Waals surface area contributed by atoms with Crippen molar-refractivity contribution in [2.45, 2.75) is 303 Å². The summed E-state index contributed by atoms with van der Waals surface area (Å²) >= 11 is 0. The number of rotatable bonds is 73. The number of carbonyl (C=O) groups excluding carboxylic acids is 4. The van der Waals surface area contributed by atoms with Crippen molar-refractivity contribution >= 4 is 39.5 Å². The molecule has 5 unspecified atom stereocenters. The molecule has 0 heterocycles. The standard InChI is InChI=1S/C87H140O17P2/c1-5-9-13-17-21-25-29-33-37-40-44-47-51-55-59-63-67-71-84(89)97-77-82(103-86(91)73-69-65-61-57-53-49-43-36-32-28-24-20-16-12-8-4)79-101-105(93,94)99-75-81(88)76-100-106(95,96)102-80-83(104-87(92)74-70-66-62-58-54-50-46-42-39-35-31-27-23-19-15-11-7-3)78-98-85(90)72-68-64-60-56-52-48-45-41-38-34-30-26-22-18-14-10-6-2/h9-16,21-28,33-39,43-48,50,81-83,88H,5-8,17-20,29-32,40-42,49,51-80H2,1-4H3,(H,93,94)(H,95,96)/b13-9-,14-10-,15-11-,16-12-,25-21-,26-22-,27-23-,28-24-,37-33-,38-34-,39-35-,43-36-,47-44-,48-45-,50-46-. The maximum Gasteiger partial charge on any atom is 0.472 e. The third-order valence-corrected chi connectivity index (χ3v) is 17.8. The van der Waals surface area contributed by atoms with E-state index in [2.05, 4.69) is 210 Å². The van der Waals surface area contributed by atoms with Gasteiger partial charge >= 0.3 is 39.5 Å². The maximum atomic E-state index is 13.1. The van der Waals surface area contributed by atoms with E-state index in [1.165, 1.54) is 0 Å². The van der Waals surface area contributed by atoms with Crippen LogP contribution in [0.2, 0.25) is 0 Å². The largest absolute Gasteiger partial charge is 0.472 e. The lowest BCUT2D eigenvalue weighted by molar-refractivity contribution is -0.161. The van der Waals surface area contributed by atoms with Gasteiger partial charge < -0.3 is 33.8 Å². The zero-order valence-electron chi connectivity index (χ0n) is 65.5. The van der Waals surface area contributed by atoms with E-state index in [0.717, 1.165) is 205 Å². The molecule has 5 atom stereocenters. The third kappa shape index (κ3) is 76.4. The molecular weight excluding hydrogens is 1380 g/mol. The first kappa shape index (κ1) is 100. The number of ether oxygens (including phenoxy) is 4. The van der Waals surface area contributed by atoms with Gasteiger partial charge in [-0.2, -0.15) is 0 Å². The van der Waals surface area contributed by atoms with E-state index in [1.807, 2.05) is 0 Å². The van der Waals surface area contributed by atoms with Crippen molar-refractivity contribution in [2.24, 2.45) is 0 Å². The molecule has 3 N–H and O–H groups in total. The number of phosphoric ester groups is 2. The second-order valence-corrected chi connectivity index (χ2v) is 28.7. The van der Waals surface area contributed by atoms with Crippen molar-refractivity contribution < 1.29 is 80.2 Å². The average molecular weight is 1520 g/mol. The Morgan fingerprint density at radius 3 is 0.708 bits per heavy atom. The Balaban J connectivity index is 5.48. The minimum atomic E-state index is -5.00. The lowest BCUT2D eigenvalue weighted by Crippen LogP contribution is -2.30. The van der Waals surface area contributed by atoms with Gasteiger partial charge in [0.05, 0.1) is 26.4 Å². The fraction of sp³-hybridized carbons (Fsp3) is 0.609. The predicted octanol–water partition coefficient (Wildman–Crippen LogP) is 23.6. The number of phosphoric acid groups is 2. The normalized spacial score (nSPS) is 14.8. The van der Waals surface area contributed by atoms with Gasteiger partial charge in [0, 0.05) is 25.7 Å². The Bertz CT molecular complexity index is 2730. The lowest BCUT2D eigenvalue weighted by atomic mass is 10.1. The Kier molecular flexibility index (Phi) is 73.1. The summed E-state index contributed by atoms with van der Waals surface area (Å²) < 4.78 is 68.6. The molecule has 0 aliphatic rings.